The molecule has 9 aromatic carbocycles. The highest BCUT2D eigenvalue weighted by Gasteiger charge is 2.36. The van der Waals surface area contributed by atoms with Gasteiger partial charge in [0, 0.05) is 38.3 Å². The summed E-state index contributed by atoms with van der Waals surface area (Å²) in [6.07, 6.45) is 0. The van der Waals surface area contributed by atoms with Crippen molar-refractivity contribution in [3.05, 3.63) is 229 Å². The number of rotatable bonds is 5. The average molecular weight is 769 g/mol. The van der Waals surface area contributed by atoms with E-state index in [4.69, 9.17) is 0 Å². The first-order valence-corrected chi connectivity index (χ1v) is 20.9. The fourth-order valence-electron chi connectivity index (χ4n) is 9.93. The Morgan fingerprint density at radius 1 is 0.417 bits per heavy atom. The summed E-state index contributed by atoms with van der Waals surface area (Å²) in [7, 11) is 0. The summed E-state index contributed by atoms with van der Waals surface area (Å²) in [5, 5.41) is 5.12. The summed E-state index contributed by atoms with van der Waals surface area (Å²) in [5.74, 6) is 0. The van der Waals surface area contributed by atoms with Gasteiger partial charge in [0.2, 0.25) is 0 Å². The Balaban J connectivity index is 0.000000629. The Hall–Kier alpha value is -7.42. The predicted octanol–water partition coefficient (Wildman–Crippen LogP) is 15.9. The zero-order chi connectivity index (χ0) is 40.4. The van der Waals surface area contributed by atoms with E-state index in [-0.39, 0.29) is 5.41 Å². The molecule has 2 aromatic heterocycles. The van der Waals surface area contributed by atoms with Gasteiger partial charge in [-0.2, -0.15) is 0 Å². The minimum absolute atomic E-state index is 0.0405. The lowest BCUT2D eigenvalue weighted by Crippen LogP contribution is -2.14. The number of hydrogen-bond acceptors (Lipinski definition) is 1. The van der Waals surface area contributed by atoms with Crippen LogP contribution in [0.1, 0.15) is 30.5 Å². The molecule has 0 N–H and O–H groups in total. The molecule has 0 unspecified atom stereocenters. The van der Waals surface area contributed by atoms with Crippen molar-refractivity contribution in [1.82, 2.24) is 4.40 Å². The normalized spacial score (nSPS) is 12.7. The van der Waals surface area contributed by atoms with E-state index in [1.54, 1.807) is 0 Å². The molecular weight excluding hydrogens is 725 g/mol. The van der Waals surface area contributed by atoms with Crippen LogP contribution in [0.4, 0.5) is 17.1 Å². The molecule has 0 amide bonds. The van der Waals surface area contributed by atoms with Crippen LogP contribution in [0.5, 0.6) is 0 Å². The molecule has 0 bridgehead atoms. The Bertz CT molecular complexity index is 3310. The van der Waals surface area contributed by atoms with Crippen LogP contribution in [0.3, 0.4) is 0 Å². The number of anilines is 3. The van der Waals surface area contributed by atoms with E-state index in [1.165, 1.54) is 93.9 Å². The predicted molar refractivity (Wildman–Crippen MR) is 255 cm³/mol. The summed E-state index contributed by atoms with van der Waals surface area (Å²) >= 11 is 0. The molecule has 0 saturated carbocycles. The average Bonchev–Trinajstić information content (AvgIpc) is 3.91. The van der Waals surface area contributed by atoms with Gasteiger partial charge in [0.15, 0.2) is 0 Å². The third kappa shape index (κ3) is 5.63. The quantitative estimate of drug-likeness (QED) is 0.169. The van der Waals surface area contributed by atoms with Crippen LogP contribution in [-0.2, 0) is 5.41 Å². The van der Waals surface area contributed by atoms with Gasteiger partial charge in [-0.1, -0.05) is 184 Å². The largest absolute Gasteiger partial charge is 0.310 e. The second kappa shape index (κ2) is 14.1. The van der Waals surface area contributed by atoms with Gasteiger partial charge in [-0.05, 0) is 99.5 Å². The summed E-state index contributed by atoms with van der Waals surface area (Å²) in [4.78, 5) is 2.48. The summed E-state index contributed by atoms with van der Waals surface area (Å²) in [6.45, 7) is 6.92. The van der Waals surface area contributed by atoms with Crippen molar-refractivity contribution in [1.29, 1.82) is 0 Å². The van der Waals surface area contributed by atoms with Crippen LogP contribution in [0, 0.1) is 6.92 Å². The first-order chi connectivity index (χ1) is 29.5. The number of aromatic nitrogens is 1. The van der Waals surface area contributed by atoms with Crippen molar-refractivity contribution in [2.45, 2.75) is 26.2 Å². The molecule has 2 heterocycles. The topological polar surface area (TPSA) is 7.65 Å². The maximum atomic E-state index is 2.48. The summed E-state index contributed by atoms with van der Waals surface area (Å²) in [6, 6.07) is 77.1. The van der Waals surface area contributed by atoms with Gasteiger partial charge < -0.3 is 9.30 Å². The van der Waals surface area contributed by atoms with Gasteiger partial charge in [0.1, 0.15) is 0 Å². The highest BCUT2D eigenvalue weighted by molar-refractivity contribution is 6.26. The van der Waals surface area contributed by atoms with Gasteiger partial charge in [-0.15, -0.1) is 0 Å². The smallest absolute Gasteiger partial charge is 0.0621 e. The van der Waals surface area contributed by atoms with Crippen LogP contribution < -0.4 is 4.90 Å². The maximum Gasteiger partial charge on any atom is 0.0621 e. The number of nitrogens with zero attached hydrogens (tertiary/aromatic N) is 2. The van der Waals surface area contributed by atoms with Crippen LogP contribution in [-0.4, -0.2) is 4.40 Å². The zero-order valence-corrected chi connectivity index (χ0v) is 34.1. The van der Waals surface area contributed by atoms with Crippen molar-refractivity contribution in [2.24, 2.45) is 0 Å². The molecule has 0 aliphatic heterocycles. The van der Waals surface area contributed by atoms with Gasteiger partial charge in [-0.25, -0.2) is 0 Å². The minimum Gasteiger partial charge on any atom is -0.310 e. The molecule has 0 fully saturated rings. The lowest BCUT2D eigenvalue weighted by Gasteiger charge is -2.28. The minimum atomic E-state index is -0.0405. The lowest BCUT2D eigenvalue weighted by atomic mass is 9.82. The fourth-order valence-corrected chi connectivity index (χ4v) is 9.93. The molecule has 0 radical (unpaired) electrons. The second-order valence-electron chi connectivity index (χ2n) is 16.6. The number of hydrogen-bond donors (Lipinski definition) is 0. The molecule has 12 rings (SSSR count). The third-order valence-corrected chi connectivity index (χ3v) is 12.6. The standard InChI is InChI=1S/C52H38N2.C6H6/c1-33-30-36(34-14-5-4-6-15-34)32-38(31-33)53(47-24-13-25-48-50(47)43-20-11-19-41-40-16-8-10-23-46(40)54(48)51(41)43)37-28-26-35(27-29-37)39-18-12-22-45-49(39)42-17-7-9-21-44(42)52(45,2)3;1-2-4-6-5-3-1/h4-32H,1-3H3;1-6H. The van der Waals surface area contributed by atoms with Crippen molar-refractivity contribution < 1.29 is 0 Å². The number of para-hydroxylation sites is 2. The Morgan fingerprint density at radius 2 is 1.02 bits per heavy atom. The van der Waals surface area contributed by atoms with Gasteiger partial charge >= 0.3 is 0 Å². The molecule has 1 aliphatic carbocycles. The number of aryl methyl sites for hydroxylation is 1. The van der Waals surface area contributed by atoms with Crippen molar-refractivity contribution in [3.8, 4) is 33.4 Å². The zero-order valence-electron chi connectivity index (χ0n) is 34.1. The van der Waals surface area contributed by atoms with E-state index >= 15 is 0 Å². The third-order valence-electron chi connectivity index (χ3n) is 12.6. The highest BCUT2D eigenvalue weighted by atomic mass is 15.1. The Morgan fingerprint density at radius 3 is 1.82 bits per heavy atom. The van der Waals surface area contributed by atoms with Gasteiger partial charge in [-0.3, -0.25) is 0 Å². The Kier molecular flexibility index (Phi) is 8.42. The van der Waals surface area contributed by atoms with E-state index < -0.39 is 0 Å². The van der Waals surface area contributed by atoms with Gasteiger partial charge in [0.05, 0.1) is 22.2 Å². The first-order valence-electron chi connectivity index (χ1n) is 20.9. The van der Waals surface area contributed by atoms with Crippen molar-refractivity contribution in [3.63, 3.8) is 0 Å². The van der Waals surface area contributed by atoms with E-state index in [0.29, 0.717) is 0 Å². The van der Waals surface area contributed by atoms with E-state index in [2.05, 4.69) is 206 Å². The maximum absolute atomic E-state index is 2.48. The lowest BCUT2D eigenvalue weighted by molar-refractivity contribution is 0.660. The van der Waals surface area contributed by atoms with E-state index in [1.807, 2.05) is 36.4 Å². The molecule has 0 saturated heterocycles. The summed E-state index contributed by atoms with van der Waals surface area (Å²) in [5.41, 5.74) is 18.8. The van der Waals surface area contributed by atoms with Crippen LogP contribution >= 0.6 is 0 Å². The van der Waals surface area contributed by atoms with Crippen LogP contribution in [0.2, 0.25) is 0 Å². The van der Waals surface area contributed by atoms with Crippen LogP contribution in [0.25, 0.3) is 71.5 Å². The van der Waals surface area contributed by atoms with Crippen LogP contribution in [0.15, 0.2) is 212 Å². The highest BCUT2D eigenvalue weighted by Crippen LogP contribution is 2.52. The molecule has 1 aliphatic rings. The molecule has 2 heteroatoms. The molecule has 0 atom stereocenters. The molecule has 0 spiro atoms. The first kappa shape index (κ1) is 35.7. The molecule has 11 aromatic rings. The number of fused-ring (bicyclic) bond motifs is 9. The van der Waals surface area contributed by atoms with E-state index in [0.717, 1.165) is 11.4 Å². The monoisotopic (exact) mass is 768 g/mol. The molecule has 286 valence electrons. The van der Waals surface area contributed by atoms with E-state index in [9.17, 15) is 0 Å². The molecule has 2 nitrogen and oxygen atoms in total. The second-order valence-corrected chi connectivity index (χ2v) is 16.6. The number of benzene rings is 9. The van der Waals surface area contributed by atoms with Gasteiger partial charge in [0.25, 0.3) is 0 Å². The summed E-state index contributed by atoms with van der Waals surface area (Å²) < 4.78 is 2.47. The molecule has 60 heavy (non-hydrogen) atoms. The Labute approximate surface area is 351 Å². The fraction of sp³-hybridized carbons (Fsp3) is 0.0690. The SMILES string of the molecule is Cc1cc(-c2ccccc2)cc(N(c2ccc(-c3cccc4c3-c3ccccc3C4(C)C)cc2)c2cccc3c2c2cccc4c5ccccc5n3c42)c1.c1ccccc1. The van der Waals surface area contributed by atoms with Crippen molar-refractivity contribution in [2.75, 3.05) is 4.90 Å². The van der Waals surface area contributed by atoms with Crippen molar-refractivity contribution >= 4 is 55.2 Å². The molecular formula is C58H44N2.